The zero-order valence-corrected chi connectivity index (χ0v) is 15.4. The zero-order chi connectivity index (χ0) is 20.8. The average molecular weight is 399 g/mol. The Labute approximate surface area is 164 Å². The molecule has 1 saturated carbocycles. The lowest BCUT2D eigenvalue weighted by atomic mass is 9.75. The molecule has 0 aliphatic heterocycles. The summed E-state index contributed by atoms with van der Waals surface area (Å²) in [4.78, 5) is 16.9. The standard InChI is InChI=1S/C20H16F3N5O/c1-11-17(10-28-18(26-11)14(8-24)9-25-28)19(29)27-16-6-13(7-16)12-3-2-4-15(5-12)20(21,22)23/h2-5,9-10,13,16H,6-7H2,1H3,(H,27,29). The van der Waals surface area contributed by atoms with E-state index in [2.05, 4.69) is 15.4 Å². The largest absolute Gasteiger partial charge is 0.416 e. The molecule has 1 aliphatic rings. The summed E-state index contributed by atoms with van der Waals surface area (Å²) in [7, 11) is 0. The predicted molar refractivity (Wildman–Crippen MR) is 97.1 cm³/mol. The molecule has 6 nitrogen and oxygen atoms in total. The molecule has 0 spiro atoms. The average Bonchev–Trinajstić information content (AvgIpc) is 3.04. The fourth-order valence-electron chi connectivity index (χ4n) is 3.54. The van der Waals surface area contributed by atoms with Crippen molar-refractivity contribution in [3.8, 4) is 6.07 Å². The summed E-state index contributed by atoms with van der Waals surface area (Å²) >= 11 is 0. The summed E-state index contributed by atoms with van der Waals surface area (Å²) in [6, 6.07) is 7.20. The van der Waals surface area contributed by atoms with Gasteiger partial charge >= 0.3 is 6.18 Å². The molecule has 1 aromatic carbocycles. The van der Waals surface area contributed by atoms with Gasteiger partial charge in [-0.2, -0.15) is 23.5 Å². The minimum Gasteiger partial charge on any atom is -0.349 e. The molecule has 1 fully saturated rings. The van der Waals surface area contributed by atoms with E-state index in [-0.39, 0.29) is 17.9 Å². The first-order valence-corrected chi connectivity index (χ1v) is 8.99. The molecule has 0 bridgehead atoms. The molecule has 4 rings (SSSR count). The van der Waals surface area contributed by atoms with Gasteiger partial charge in [0, 0.05) is 12.2 Å². The first-order valence-electron chi connectivity index (χ1n) is 8.99. The normalized spacial score (nSPS) is 18.9. The number of nitriles is 1. The fourth-order valence-corrected chi connectivity index (χ4v) is 3.54. The highest BCUT2D eigenvalue weighted by molar-refractivity contribution is 5.95. The Morgan fingerprint density at radius 1 is 1.34 bits per heavy atom. The van der Waals surface area contributed by atoms with Gasteiger partial charge in [0.1, 0.15) is 11.6 Å². The number of aromatic nitrogens is 3. The van der Waals surface area contributed by atoms with Gasteiger partial charge in [0.2, 0.25) is 0 Å². The van der Waals surface area contributed by atoms with Crippen LogP contribution < -0.4 is 5.32 Å². The minimum atomic E-state index is -4.37. The smallest absolute Gasteiger partial charge is 0.349 e. The van der Waals surface area contributed by atoms with Crippen molar-refractivity contribution >= 4 is 11.6 Å². The highest BCUT2D eigenvalue weighted by Gasteiger charge is 2.35. The van der Waals surface area contributed by atoms with Gasteiger partial charge in [-0.05, 0) is 37.3 Å². The first kappa shape index (κ1) is 18.9. The minimum absolute atomic E-state index is 0.0198. The van der Waals surface area contributed by atoms with E-state index in [1.54, 1.807) is 13.0 Å². The molecule has 0 atom stereocenters. The molecule has 2 heterocycles. The van der Waals surface area contributed by atoms with Crippen molar-refractivity contribution in [1.82, 2.24) is 19.9 Å². The molecule has 2 aromatic heterocycles. The number of aryl methyl sites for hydroxylation is 1. The second-order valence-electron chi connectivity index (χ2n) is 7.14. The third-order valence-electron chi connectivity index (χ3n) is 5.21. The summed E-state index contributed by atoms with van der Waals surface area (Å²) in [5.41, 5.74) is 1.49. The number of hydrogen-bond acceptors (Lipinski definition) is 4. The lowest BCUT2D eigenvalue weighted by Crippen LogP contribution is -2.43. The summed E-state index contributed by atoms with van der Waals surface area (Å²) in [5.74, 6) is -0.341. The number of carbonyl (C=O) groups is 1. The maximum absolute atomic E-state index is 12.9. The molecular weight excluding hydrogens is 383 g/mol. The van der Waals surface area contributed by atoms with E-state index < -0.39 is 11.7 Å². The first-order chi connectivity index (χ1) is 13.8. The second kappa shape index (κ2) is 6.88. The van der Waals surface area contributed by atoms with Gasteiger partial charge in [0.25, 0.3) is 5.91 Å². The van der Waals surface area contributed by atoms with E-state index in [4.69, 9.17) is 5.26 Å². The molecule has 1 aliphatic carbocycles. The number of hydrogen-bond donors (Lipinski definition) is 1. The molecule has 1 N–H and O–H groups in total. The van der Waals surface area contributed by atoms with Crippen LogP contribution in [-0.2, 0) is 6.18 Å². The van der Waals surface area contributed by atoms with Gasteiger partial charge in [-0.1, -0.05) is 18.2 Å². The number of rotatable bonds is 3. The highest BCUT2D eigenvalue weighted by atomic mass is 19.4. The quantitative estimate of drug-likeness (QED) is 0.729. The topological polar surface area (TPSA) is 83.1 Å². The van der Waals surface area contributed by atoms with Crippen LogP contribution in [0.25, 0.3) is 5.65 Å². The Balaban J connectivity index is 1.43. The van der Waals surface area contributed by atoms with Crippen molar-refractivity contribution in [1.29, 1.82) is 5.26 Å². The Morgan fingerprint density at radius 2 is 2.10 bits per heavy atom. The van der Waals surface area contributed by atoms with E-state index >= 15 is 0 Å². The zero-order valence-electron chi connectivity index (χ0n) is 15.4. The number of amides is 1. The van der Waals surface area contributed by atoms with Gasteiger partial charge in [-0.25, -0.2) is 9.50 Å². The van der Waals surface area contributed by atoms with Crippen molar-refractivity contribution in [2.75, 3.05) is 0 Å². The molecular formula is C20H16F3N5O. The Kier molecular flexibility index (Phi) is 4.49. The lowest BCUT2D eigenvalue weighted by Gasteiger charge is -2.36. The van der Waals surface area contributed by atoms with Crippen LogP contribution in [-0.4, -0.2) is 26.5 Å². The molecule has 148 valence electrons. The van der Waals surface area contributed by atoms with Crippen LogP contribution >= 0.6 is 0 Å². The monoisotopic (exact) mass is 399 g/mol. The Morgan fingerprint density at radius 3 is 2.79 bits per heavy atom. The third kappa shape index (κ3) is 3.53. The van der Waals surface area contributed by atoms with Crippen LogP contribution in [0.3, 0.4) is 0 Å². The van der Waals surface area contributed by atoms with Crippen molar-refractivity contribution in [3.05, 3.63) is 64.6 Å². The summed E-state index contributed by atoms with van der Waals surface area (Å²) in [5, 5.41) is 16.0. The number of carbonyl (C=O) groups excluding carboxylic acids is 1. The SMILES string of the molecule is Cc1nc2c(C#N)cnn2cc1C(=O)NC1CC(c2cccc(C(F)(F)F)c2)C1. The fraction of sp³-hybridized carbons (Fsp3) is 0.300. The van der Waals surface area contributed by atoms with Crippen molar-refractivity contribution in [2.45, 2.75) is 37.9 Å². The number of benzene rings is 1. The van der Waals surface area contributed by atoms with Gasteiger partial charge in [0.15, 0.2) is 5.65 Å². The van der Waals surface area contributed by atoms with Gasteiger partial charge in [-0.3, -0.25) is 4.79 Å². The number of nitrogens with zero attached hydrogens (tertiary/aromatic N) is 4. The van der Waals surface area contributed by atoms with Crippen molar-refractivity contribution in [2.24, 2.45) is 0 Å². The van der Waals surface area contributed by atoms with E-state index in [0.29, 0.717) is 40.9 Å². The molecule has 3 aromatic rings. The Bertz CT molecular complexity index is 1140. The number of nitrogens with one attached hydrogen (secondary N) is 1. The van der Waals surface area contributed by atoms with Gasteiger partial charge in [-0.15, -0.1) is 0 Å². The van der Waals surface area contributed by atoms with E-state index in [1.807, 2.05) is 6.07 Å². The number of fused-ring (bicyclic) bond motifs is 1. The van der Waals surface area contributed by atoms with Gasteiger partial charge in [0.05, 0.1) is 23.0 Å². The van der Waals surface area contributed by atoms with Crippen molar-refractivity contribution in [3.63, 3.8) is 0 Å². The maximum atomic E-state index is 12.9. The van der Waals surface area contributed by atoms with Crippen LogP contribution in [0.5, 0.6) is 0 Å². The van der Waals surface area contributed by atoms with Crippen LogP contribution in [0, 0.1) is 18.3 Å². The summed E-state index contributed by atoms with van der Waals surface area (Å²) in [6.07, 6.45) is -0.315. The predicted octanol–water partition coefficient (Wildman–Crippen LogP) is 3.60. The van der Waals surface area contributed by atoms with Gasteiger partial charge < -0.3 is 5.32 Å². The number of alkyl halides is 3. The van der Waals surface area contributed by atoms with Crippen molar-refractivity contribution < 1.29 is 18.0 Å². The summed E-state index contributed by atoms with van der Waals surface area (Å²) in [6.45, 7) is 1.68. The molecule has 0 saturated heterocycles. The lowest BCUT2D eigenvalue weighted by molar-refractivity contribution is -0.137. The third-order valence-corrected chi connectivity index (χ3v) is 5.21. The number of halogens is 3. The maximum Gasteiger partial charge on any atom is 0.416 e. The second-order valence-corrected chi connectivity index (χ2v) is 7.14. The molecule has 29 heavy (non-hydrogen) atoms. The van der Waals surface area contributed by atoms with Crippen LogP contribution in [0.1, 0.15) is 51.5 Å². The molecule has 1 amide bonds. The summed E-state index contributed by atoms with van der Waals surface area (Å²) < 4.78 is 40.0. The van der Waals surface area contributed by atoms with Crippen LogP contribution in [0.2, 0.25) is 0 Å². The van der Waals surface area contributed by atoms with E-state index in [1.165, 1.54) is 29.0 Å². The van der Waals surface area contributed by atoms with Crippen LogP contribution in [0.15, 0.2) is 36.7 Å². The molecule has 0 unspecified atom stereocenters. The van der Waals surface area contributed by atoms with E-state index in [9.17, 15) is 18.0 Å². The molecule has 9 heteroatoms. The van der Waals surface area contributed by atoms with E-state index in [0.717, 1.165) is 6.07 Å². The Hall–Kier alpha value is -3.41. The highest BCUT2D eigenvalue weighted by Crippen LogP contribution is 2.39. The van der Waals surface area contributed by atoms with Crippen LogP contribution in [0.4, 0.5) is 13.2 Å². The molecule has 0 radical (unpaired) electrons.